The first-order valence-electron chi connectivity index (χ1n) is 7.62. The lowest BCUT2D eigenvalue weighted by molar-refractivity contribution is -0.384. The Labute approximate surface area is 130 Å². The Morgan fingerprint density at radius 2 is 1.77 bits per heavy atom. The third-order valence-corrected chi connectivity index (χ3v) is 3.09. The first-order chi connectivity index (χ1) is 10.6. The van der Waals surface area contributed by atoms with Gasteiger partial charge in [-0.25, -0.2) is 0 Å². The van der Waals surface area contributed by atoms with Gasteiger partial charge in [-0.05, 0) is 12.8 Å². The highest BCUT2D eigenvalue weighted by Gasteiger charge is 2.23. The van der Waals surface area contributed by atoms with Crippen molar-refractivity contribution in [3.63, 3.8) is 0 Å². The van der Waals surface area contributed by atoms with Gasteiger partial charge < -0.3 is 9.47 Å². The van der Waals surface area contributed by atoms with Gasteiger partial charge in [-0.15, -0.1) is 0 Å². The van der Waals surface area contributed by atoms with Gasteiger partial charge in [-0.1, -0.05) is 38.8 Å². The van der Waals surface area contributed by atoms with Gasteiger partial charge in [0.05, 0.1) is 18.1 Å². The fourth-order valence-electron chi connectivity index (χ4n) is 1.78. The van der Waals surface area contributed by atoms with Crippen LogP contribution in [-0.2, 0) is 9.47 Å². The molecule has 1 aromatic rings. The fraction of sp³-hybridized carbons (Fsp3) is 0.562. The number of hydrogen-bond donors (Lipinski definition) is 0. The topological polar surface area (TPSA) is 78.7 Å². The Morgan fingerprint density at radius 1 is 1.18 bits per heavy atom. The zero-order chi connectivity index (χ0) is 16.4. The first-order valence-corrected chi connectivity index (χ1v) is 7.62. The minimum Gasteiger partial charge on any atom is -0.346 e. The zero-order valence-electron chi connectivity index (χ0n) is 13.1. The van der Waals surface area contributed by atoms with Crippen molar-refractivity contribution in [1.29, 1.82) is 0 Å². The second-order valence-corrected chi connectivity index (χ2v) is 4.95. The van der Waals surface area contributed by atoms with E-state index in [1.807, 2.05) is 13.8 Å². The molecule has 0 N–H and O–H groups in total. The molecule has 0 atom stereocenters. The quantitative estimate of drug-likeness (QED) is 0.204. The van der Waals surface area contributed by atoms with Crippen LogP contribution in [0.25, 0.3) is 0 Å². The van der Waals surface area contributed by atoms with Gasteiger partial charge in [0.15, 0.2) is 0 Å². The van der Waals surface area contributed by atoms with Crippen LogP contribution in [0.4, 0.5) is 5.69 Å². The summed E-state index contributed by atoms with van der Waals surface area (Å²) >= 11 is 0. The molecule has 0 radical (unpaired) electrons. The summed E-state index contributed by atoms with van der Waals surface area (Å²) in [5, 5.41) is 10.8. The van der Waals surface area contributed by atoms with E-state index < -0.39 is 11.2 Å². The number of benzene rings is 1. The van der Waals surface area contributed by atoms with Crippen molar-refractivity contribution in [3.05, 3.63) is 39.9 Å². The van der Waals surface area contributed by atoms with Gasteiger partial charge in [0.1, 0.15) is 0 Å². The Bertz CT molecular complexity index is 479. The minimum atomic E-state index is -1.000. The third-order valence-electron chi connectivity index (χ3n) is 3.09. The molecule has 0 aliphatic carbocycles. The van der Waals surface area contributed by atoms with Gasteiger partial charge in [0.2, 0.25) is 12.1 Å². The molecule has 0 fully saturated rings. The number of nitrogens with zero attached hydrogens (tertiary/aromatic N) is 1. The number of ether oxygens (including phenoxy) is 2. The Balaban J connectivity index is 2.79. The van der Waals surface area contributed by atoms with Gasteiger partial charge in [-0.2, -0.15) is 0 Å². The molecule has 1 aromatic carbocycles. The normalized spacial score (nSPS) is 10.9. The van der Waals surface area contributed by atoms with Gasteiger partial charge in [-0.3, -0.25) is 14.9 Å². The summed E-state index contributed by atoms with van der Waals surface area (Å²) in [5.41, 5.74) is 0.110. The van der Waals surface area contributed by atoms with E-state index in [1.54, 1.807) is 0 Å². The average molecular weight is 309 g/mol. The summed E-state index contributed by atoms with van der Waals surface area (Å²) in [6, 6.07) is 5.62. The van der Waals surface area contributed by atoms with Crippen LogP contribution in [0.2, 0.25) is 0 Å². The molecule has 1 rings (SSSR count). The van der Waals surface area contributed by atoms with E-state index in [-0.39, 0.29) is 17.0 Å². The summed E-state index contributed by atoms with van der Waals surface area (Å²) in [7, 11) is 0. The predicted molar refractivity (Wildman–Crippen MR) is 82.9 cm³/mol. The lowest BCUT2D eigenvalue weighted by atomic mass is 10.1. The van der Waals surface area contributed by atoms with Crippen LogP contribution >= 0.6 is 0 Å². The van der Waals surface area contributed by atoms with E-state index in [9.17, 15) is 14.9 Å². The largest absolute Gasteiger partial charge is 0.346 e. The van der Waals surface area contributed by atoms with Crippen LogP contribution in [0.5, 0.6) is 0 Å². The molecule has 0 aliphatic rings. The molecular formula is C16H23NO5. The summed E-state index contributed by atoms with van der Waals surface area (Å²) in [4.78, 5) is 22.7. The van der Waals surface area contributed by atoms with Crippen molar-refractivity contribution in [1.82, 2.24) is 0 Å². The lowest BCUT2D eigenvalue weighted by Gasteiger charge is -2.17. The molecule has 0 bridgehead atoms. The monoisotopic (exact) mass is 309 g/mol. The molecule has 0 unspecified atom stereocenters. The number of hydrogen-bond acceptors (Lipinski definition) is 5. The van der Waals surface area contributed by atoms with E-state index in [0.29, 0.717) is 13.2 Å². The zero-order valence-corrected chi connectivity index (χ0v) is 13.1. The van der Waals surface area contributed by atoms with E-state index >= 15 is 0 Å². The van der Waals surface area contributed by atoms with Gasteiger partial charge >= 0.3 is 0 Å². The number of rotatable bonds is 11. The van der Waals surface area contributed by atoms with E-state index in [2.05, 4.69) is 0 Å². The maximum Gasteiger partial charge on any atom is 0.270 e. The average Bonchev–Trinajstić information content (AvgIpc) is 2.53. The molecule has 0 spiro atoms. The Hall–Kier alpha value is -1.79. The van der Waals surface area contributed by atoms with Crippen LogP contribution in [0, 0.1) is 10.1 Å². The Morgan fingerprint density at radius 3 is 2.27 bits per heavy atom. The maximum absolute atomic E-state index is 12.4. The van der Waals surface area contributed by atoms with Crippen LogP contribution in [-0.4, -0.2) is 30.2 Å². The predicted octanol–water partition coefficient (Wildman–Crippen LogP) is 3.74. The van der Waals surface area contributed by atoms with E-state index in [0.717, 1.165) is 25.7 Å². The number of nitro groups is 1. The second-order valence-electron chi connectivity index (χ2n) is 4.95. The minimum absolute atomic E-state index is 0.119. The van der Waals surface area contributed by atoms with Gasteiger partial charge in [0, 0.05) is 17.7 Å². The van der Waals surface area contributed by atoms with Crippen molar-refractivity contribution in [3.8, 4) is 0 Å². The van der Waals surface area contributed by atoms with Crippen LogP contribution < -0.4 is 0 Å². The molecule has 0 saturated carbocycles. The summed E-state index contributed by atoms with van der Waals surface area (Å²) in [5.74, 6) is -0.379. The highest BCUT2D eigenvalue weighted by atomic mass is 16.7. The van der Waals surface area contributed by atoms with Crippen LogP contribution in [0.15, 0.2) is 24.3 Å². The fourth-order valence-corrected chi connectivity index (χ4v) is 1.78. The van der Waals surface area contributed by atoms with Crippen molar-refractivity contribution in [2.75, 3.05) is 13.2 Å². The van der Waals surface area contributed by atoms with E-state index in [1.165, 1.54) is 24.3 Å². The standard InChI is InChI=1S/C16H23NO5/c1-3-5-10-21-16(22-11-6-4-2)15(18)13-8-7-9-14(12-13)17(19)20/h7-9,12,16H,3-6,10-11H2,1-2H3. The maximum atomic E-state index is 12.4. The molecule has 0 heterocycles. The SMILES string of the molecule is CCCCOC(OCCCC)C(=O)c1cccc([N+](=O)[O-])c1. The van der Waals surface area contributed by atoms with Crippen molar-refractivity contribution >= 4 is 11.5 Å². The molecular weight excluding hydrogens is 286 g/mol. The van der Waals surface area contributed by atoms with Gasteiger partial charge in [0.25, 0.3) is 5.69 Å². The summed E-state index contributed by atoms with van der Waals surface area (Å²) in [6.45, 7) is 4.90. The number of non-ortho nitro benzene ring substituents is 1. The van der Waals surface area contributed by atoms with Crippen molar-refractivity contribution in [2.45, 2.75) is 45.8 Å². The molecule has 0 saturated heterocycles. The second kappa shape index (κ2) is 10.0. The van der Waals surface area contributed by atoms with Crippen LogP contribution in [0.3, 0.4) is 0 Å². The molecule has 122 valence electrons. The molecule has 22 heavy (non-hydrogen) atoms. The molecule has 0 aromatic heterocycles. The van der Waals surface area contributed by atoms with Crippen LogP contribution in [0.1, 0.15) is 49.9 Å². The molecule has 0 amide bonds. The molecule has 0 aliphatic heterocycles. The third kappa shape index (κ3) is 5.91. The lowest BCUT2D eigenvalue weighted by Crippen LogP contribution is -2.28. The smallest absolute Gasteiger partial charge is 0.270 e. The Kier molecular flexibility index (Phi) is 8.32. The molecule has 6 heteroatoms. The summed E-state index contributed by atoms with van der Waals surface area (Å²) < 4.78 is 11.0. The summed E-state index contributed by atoms with van der Waals surface area (Å²) in [6.07, 6.45) is 2.56. The highest BCUT2D eigenvalue weighted by Crippen LogP contribution is 2.16. The highest BCUT2D eigenvalue weighted by molar-refractivity contribution is 5.99. The first kappa shape index (κ1) is 18.3. The number of Topliss-reactive ketones (excluding diaryl/α,β-unsaturated/α-hetero) is 1. The molecule has 6 nitrogen and oxygen atoms in total. The van der Waals surface area contributed by atoms with E-state index in [4.69, 9.17) is 9.47 Å². The number of unbranched alkanes of at least 4 members (excludes halogenated alkanes) is 2. The van der Waals surface area contributed by atoms with Crippen molar-refractivity contribution in [2.24, 2.45) is 0 Å². The number of carbonyl (C=O) groups excluding carboxylic acids is 1. The number of ketones is 1. The van der Waals surface area contributed by atoms with Crippen molar-refractivity contribution < 1.29 is 19.2 Å². The number of nitro benzene ring substituents is 1. The number of carbonyl (C=O) groups is 1.